The van der Waals surface area contributed by atoms with Crippen LogP contribution in [0.3, 0.4) is 0 Å². The number of hydrogen-bond acceptors (Lipinski definition) is 4. The van der Waals surface area contributed by atoms with Gasteiger partial charge in [-0.2, -0.15) is 5.10 Å². The third-order valence-electron chi connectivity index (χ3n) is 4.84. The van der Waals surface area contributed by atoms with Gasteiger partial charge < -0.3 is 4.74 Å². The second-order valence-electron chi connectivity index (χ2n) is 7.31. The number of hydrogen-bond donors (Lipinski definition) is 0. The molecule has 0 bridgehead atoms. The van der Waals surface area contributed by atoms with E-state index >= 15 is 0 Å². The molecular weight excluding hydrogens is 444 g/mol. The number of ketones is 1. The lowest BCUT2D eigenvalue weighted by Gasteiger charge is -2.10. The van der Waals surface area contributed by atoms with Gasteiger partial charge in [-0.15, -0.1) is 0 Å². The van der Waals surface area contributed by atoms with E-state index < -0.39 is 0 Å². The van der Waals surface area contributed by atoms with E-state index in [1.54, 1.807) is 7.11 Å². The van der Waals surface area contributed by atoms with Gasteiger partial charge in [0.25, 0.3) is 5.56 Å². The van der Waals surface area contributed by atoms with Crippen LogP contribution in [-0.2, 0) is 24.2 Å². The molecule has 0 saturated carbocycles. The maximum atomic E-state index is 12.9. The van der Waals surface area contributed by atoms with Gasteiger partial charge in [-0.05, 0) is 54.8 Å². The number of carbonyl (C=O) groups excluding carboxylic acids is 1. The number of rotatable bonds is 9. The summed E-state index contributed by atoms with van der Waals surface area (Å²) in [5.74, 6) is 0.928. The van der Waals surface area contributed by atoms with E-state index in [1.165, 1.54) is 4.68 Å². The van der Waals surface area contributed by atoms with E-state index in [-0.39, 0.29) is 11.3 Å². The number of benzene rings is 2. The molecule has 0 aliphatic heterocycles. The van der Waals surface area contributed by atoms with Crippen LogP contribution < -0.4 is 10.3 Å². The fourth-order valence-corrected chi connectivity index (χ4v) is 3.63. The minimum atomic E-state index is -0.108. The maximum absolute atomic E-state index is 12.9. The summed E-state index contributed by atoms with van der Waals surface area (Å²) in [6.07, 6.45) is 1.93. The Bertz CT molecular complexity index is 1070. The van der Waals surface area contributed by atoms with E-state index in [9.17, 15) is 9.59 Å². The molecule has 30 heavy (non-hydrogen) atoms. The van der Waals surface area contributed by atoms with Crippen LogP contribution in [0.15, 0.2) is 63.9 Å². The van der Waals surface area contributed by atoms with E-state index in [2.05, 4.69) is 21.0 Å². The normalized spacial score (nSPS) is 10.8. The average molecular weight is 469 g/mol. The molecule has 0 saturated heterocycles. The number of halogens is 1. The van der Waals surface area contributed by atoms with Crippen LogP contribution >= 0.6 is 15.9 Å². The Morgan fingerprint density at radius 3 is 2.60 bits per heavy atom. The second kappa shape index (κ2) is 10.3. The molecule has 0 aliphatic carbocycles. The molecule has 1 heterocycles. The summed E-state index contributed by atoms with van der Waals surface area (Å²) in [6.45, 7) is 2.31. The highest BCUT2D eigenvalue weighted by Gasteiger charge is 2.10. The fraction of sp³-hybridized carbons (Fsp3) is 0.292. The highest BCUT2D eigenvalue weighted by molar-refractivity contribution is 9.10. The zero-order valence-electron chi connectivity index (χ0n) is 17.2. The monoisotopic (exact) mass is 468 g/mol. The predicted octanol–water partition coefficient (Wildman–Crippen LogP) is 4.51. The quantitative estimate of drug-likeness (QED) is 0.463. The highest BCUT2D eigenvalue weighted by Crippen LogP contribution is 2.15. The van der Waals surface area contributed by atoms with E-state index in [0.29, 0.717) is 37.8 Å². The van der Waals surface area contributed by atoms with Gasteiger partial charge in [-0.3, -0.25) is 9.59 Å². The van der Waals surface area contributed by atoms with Gasteiger partial charge in [-0.25, -0.2) is 4.68 Å². The first kappa shape index (κ1) is 22.0. The van der Waals surface area contributed by atoms with Crippen molar-refractivity contribution in [3.05, 3.63) is 91.8 Å². The van der Waals surface area contributed by atoms with Gasteiger partial charge in [0.15, 0.2) is 0 Å². The van der Waals surface area contributed by atoms with Gasteiger partial charge in [0.2, 0.25) is 0 Å². The molecule has 1 aromatic heterocycles. The number of methoxy groups -OCH3 is 1. The van der Waals surface area contributed by atoms with Crippen LogP contribution in [0.1, 0.15) is 35.2 Å². The lowest BCUT2D eigenvalue weighted by atomic mass is 10.1. The molecule has 0 radical (unpaired) electrons. The molecule has 3 rings (SSSR count). The highest BCUT2D eigenvalue weighted by atomic mass is 79.9. The largest absolute Gasteiger partial charge is 0.497 e. The minimum absolute atomic E-state index is 0.108. The van der Waals surface area contributed by atoms with E-state index in [1.807, 2.05) is 61.5 Å². The number of ether oxygens (including phenoxy) is 1. The molecule has 6 heteroatoms. The van der Waals surface area contributed by atoms with Crippen molar-refractivity contribution in [2.45, 2.75) is 39.2 Å². The topological polar surface area (TPSA) is 61.2 Å². The van der Waals surface area contributed by atoms with Crippen LogP contribution in [0.2, 0.25) is 0 Å². The summed E-state index contributed by atoms with van der Waals surface area (Å²) in [5.41, 5.74) is 3.37. The van der Waals surface area contributed by atoms with Crippen LogP contribution in [0, 0.1) is 6.92 Å². The summed E-state index contributed by atoms with van der Waals surface area (Å²) in [7, 11) is 1.63. The SMILES string of the molecule is COc1cccc(Cc2cc(C)nn(CCCC(=O)Cc3ccc(Br)cc3)c2=O)c1. The summed E-state index contributed by atoms with van der Waals surface area (Å²) in [5, 5.41) is 4.36. The molecule has 0 amide bonds. The zero-order chi connectivity index (χ0) is 21.5. The first-order chi connectivity index (χ1) is 14.4. The summed E-state index contributed by atoms with van der Waals surface area (Å²) < 4.78 is 7.74. The van der Waals surface area contributed by atoms with Crippen molar-refractivity contribution >= 4 is 21.7 Å². The molecule has 0 atom stereocenters. The number of aromatic nitrogens is 2. The minimum Gasteiger partial charge on any atom is -0.497 e. The van der Waals surface area contributed by atoms with Gasteiger partial charge >= 0.3 is 0 Å². The van der Waals surface area contributed by atoms with Crippen molar-refractivity contribution in [3.63, 3.8) is 0 Å². The molecular formula is C24H25BrN2O3. The van der Waals surface area contributed by atoms with Gasteiger partial charge in [-0.1, -0.05) is 40.2 Å². The van der Waals surface area contributed by atoms with Crippen molar-refractivity contribution in [1.82, 2.24) is 9.78 Å². The fourth-order valence-electron chi connectivity index (χ4n) is 3.37. The Morgan fingerprint density at radius 2 is 1.87 bits per heavy atom. The van der Waals surface area contributed by atoms with E-state index in [4.69, 9.17) is 4.74 Å². The first-order valence-corrected chi connectivity index (χ1v) is 10.7. The Balaban J connectivity index is 1.62. The smallest absolute Gasteiger partial charge is 0.270 e. The maximum Gasteiger partial charge on any atom is 0.270 e. The van der Waals surface area contributed by atoms with Crippen LogP contribution in [-0.4, -0.2) is 22.7 Å². The molecule has 0 N–H and O–H groups in total. The third-order valence-corrected chi connectivity index (χ3v) is 5.37. The van der Waals surface area contributed by atoms with Gasteiger partial charge in [0, 0.05) is 35.8 Å². The van der Waals surface area contributed by atoms with Crippen LogP contribution in [0.4, 0.5) is 0 Å². The van der Waals surface area contributed by atoms with Crippen molar-refractivity contribution < 1.29 is 9.53 Å². The standard InChI is InChI=1S/C24H25BrN2O3/c1-17-13-20(14-19-5-3-7-23(16-19)30-2)24(29)27(26-17)12-4-6-22(28)15-18-8-10-21(25)11-9-18/h3,5,7-11,13,16H,4,6,12,14-15H2,1-2H3. The second-order valence-corrected chi connectivity index (χ2v) is 8.23. The first-order valence-electron chi connectivity index (χ1n) is 9.91. The van der Waals surface area contributed by atoms with Crippen molar-refractivity contribution in [2.24, 2.45) is 0 Å². The average Bonchev–Trinajstić information content (AvgIpc) is 2.73. The zero-order valence-corrected chi connectivity index (χ0v) is 18.8. The molecule has 2 aromatic carbocycles. The molecule has 0 unspecified atom stereocenters. The van der Waals surface area contributed by atoms with Gasteiger partial charge in [0.1, 0.15) is 11.5 Å². The molecule has 156 valence electrons. The number of nitrogens with zero attached hydrogens (tertiary/aromatic N) is 2. The Hall–Kier alpha value is -2.73. The Labute approximate surface area is 184 Å². The summed E-state index contributed by atoms with van der Waals surface area (Å²) >= 11 is 3.40. The van der Waals surface area contributed by atoms with Crippen molar-refractivity contribution in [3.8, 4) is 5.75 Å². The lowest BCUT2D eigenvalue weighted by Crippen LogP contribution is -2.27. The molecule has 0 aliphatic rings. The lowest BCUT2D eigenvalue weighted by molar-refractivity contribution is -0.118. The van der Waals surface area contributed by atoms with Crippen molar-refractivity contribution in [1.29, 1.82) is 0 Å². The third kappa shape index (κ3) is 6.13. The number of aryl methyl sites for hydroxylation is 2. The van der Waals surface area contributed by atoms with Crippen LogP contribution in [0.5, 0.6) is 5.75 Å². The predicted molar refractivity (Wildman–Crippen MR) is 121 cm³/mol. The Morgan fingerprint density at radius 1 is 1.10 bits per heavy atom. The summed E-state index contributed by atoms with van der Waals surface area (Å²) in [6, 6.07) is 17.3. The molecule has 0 spiro atoms. The van der Waals surface area contributed by atoms with Crippen LogP contribution in [0.25, 0.3) is 0 Å². The number of Topliss-reactive ketones (excluding diaryl/α,β-unsaturated/α-hetero) is 1. The molecule has 5 nitrogen and oxygen atoms in total. The van der Waals surface area contributed by atoms with Gasteiger partial charge in [0.05, 0.1) is 12.8 Å². The Kier molecular flexibility index (Phi) is 7.57. The van der Waals surface area contributed by atoms with E-state index in [0.717, 1.165) is 27.0 Å². The molecule has 3 aromatic rings. The summed E-state index contributed by atoms with van der Waals surface area (Å²) in [4.78, 5) is 25.1. The molecule has 0 fully saturated rings. The van der Waals surface area contributed by atoms with Crippen molar-refractivity contribution in [2.75, 3.05) is 7.11 Å². The number of carbonyl (C=O) groups is 1.